The molecule has 0 saturated carbocycles. The normalized spacial score (nSPS) is 11.3. The van der Waals surface area contributed by atoms with Crippen LogP contribution in [0.3, 0.4) is 0 Å². The van der Waals surface area contributed by atoms with Crippen molar-refractivity contribution in [2.24, 2.45) is 0 Å². The highest BCUT2D eigenvalue weighted by Gasteiger charge is 2.20. The maximum atomic E-state index is 13.1. The van der Waals surface area contributed by atoms with Crippen molar-refractivity contribution in [2.45, 2.75) is 27.7 Å². The molecule has 3 rings (SSSR count). The minimum Gasteiger partial charge on any atom is -0.349 e. The molecule has 2 aromatic heterocycles. The van der Waals surface area contributed by atoms with E-state index in [1.807, 2.05) is 53.9 Å². The summed E-state index contributed by atoms with van der Waals surface area (Å²) in [6, 6.07) is 12.1. The number of amides is 1. The molecule has 1 aromatic carbocycles. The number of likely N-dealkylation sites (N-methyl/N-ethyl adjacent to an activating group) is 1. The van der Waals surface area contributed by atoms with Crippen LogP contribution in [0.4, 0.5) is 0 Å². The van der Waals surface area contributed by atoms with E-state index in [-0.39, 0.29) is 5.91 Å². The molecule has 0 aliphatic carbocycles. The van der Waals surface area contributed by atoms with Gasteiger partial charge in [0.1, 0.15) is 17.0 Å². The number of carbonyl (C=O) groups is 1. The molecule has 3 aromatic rings. The Kier molecular flexibility index (Phi) is 5.91. The fourth-order valence-electron chi connectivity index (χ4n) is 3.23. The van der Waals surface area contributed by atoms with Crippen molar-refractivity contribution in [3.63, 3.8) is 0 Å². The zero-order valence-electron chi connectivity index (χ0n) is 16.6. The Bertz CT molecular complexity index is 923. The van der Waals surface area contributed by atoms with E-state index in [1.165, 1.54) is 5.56 Å². The summed E-state index contributed by atoms with van der Waals surface area (Å²) in [5, 5.41) is 3.08. The third-order valence-corrected chi connectivity index (χ3v) is 4.91. The number of hydrogen-bond acceptors (Lipinski definition) is 3. The zero-order chi connectivity index (χ0) is 19.4. The molecule has 0 bridgehead atoms. The molecule has 5 nitrogen and oxygen atoms in total. The Morgan fingerprint density at radius 2 is 1.70 bits per heavy atom. The van der Waals surface area contributed by atoms with Crippen molar-refractivity contribution in [3.8, 4) is 11.3 Å². The van der Waals surface area contributed by atoms with Gasteiger partial charge in [-0.1, -0.05) is 49.7 Å². The lowest BCUT2D eigenvalue weighted by Crippen LogP contribution is -2.35. The number of aromatic nitrogens is 2. The first kappa shape index (κ1) is 19.1. The number of nitrogens with one attached hydrogen (secondary N) is 1. The van der Waals surface area contributed by atoms with Crippen LogP contribution < -0.4 is 5.32 Å². The lowest BCUT2D eigenvalue weighted by molar-refractivity contribution is 0.0944. The largest absolute Gasteiger partial charge is 0.349 e. The van der Waals surface area contributed by atoms with Gasteiger partial charge in [-0.3, -0.25) is 9.20 Å². The average molecular weight is 364 g/mol. The van der Waals surface area contributed by atoms with Gasteiger partial charge in [0.15, 0.2) is 0 Å². The highest BCUT2D eigenvalue weighted by molar-refractivity contribution is 5.99. The van der Waals surface area contributed by atoms with Gasteiger partial charge in [0.05, 0.1) is 0 Å². The molecule has 27 heavy (non-hydrogen) atoms. The lowest BCUT2D eigenvalue weighted by atomic mass is 10.1. The van der Waals surface area contributed by atoms with Gasteiger partial charge in [0.25, 0.3) is 5.91 Å². The molecule has 0 radical (unpaired) electrons. The maximum Gasteiger partial charge on any atom is 0.270 e. The van der Waals surface area contributed by atoms with Crippen LogP contribution in [0, 0.1) is 13.8 Å². The molecule has 142 valence electrons. The summed E-state index contributed by atoms with van der Waals surface area (Å²) in [6.45, 7) is 11.8. The SMILES string of the molecule is CCN(CC)CCNC(=O)c1c(-c2ccc(C)cc2)nc2ccc(C)cn12. The van der Waals surface area contributed by atoms with Gasteiger partial charge in [0, 0.05) is 24.8 Å². The molecular weight excluding hydrogens is 336 g/mol. The molecule has 0 unspecified atom stereocenters. The number of hydrogen-bond donors (Lipinski definition) is 1. The summed E-state index contributed by atoms with van der Waals surface area (Å²) >= 11 is 0. The van der Waals surface area contributed by atoms with Crippen LogP contribution >= 0.6 is 0 Å². The molecule has 0 aliphatic heterocycles. The Hall–Kier alpha value is -2.66. The first-order chi connectivity index (χ1) is 13.0. The second-order valence-corrected chi connectivity index (χ2v) is 6.89. The van der Waals surface area contributed by atoms with Crippen LogP contribution in [-0.4, -0.2) is 46.4 Å². The molecule has 0 spiro atoms. The standard InChI is InChI=1S/C22H28N4O/c1-5-25(6-2)14-13-23-22(27)21-20(18-10-7-16(3)8-11-18)24-19-12-9-17(4)15-26(19)21/h7-12,15H,5-6,13-14H2,1-4H3,(H,23,27). The smallest absolute Gasteiger partial charge is 0.270 e. The van der Waals surface area contributed by atoms with Crippen molar-refractivity contribution < 1.29 is 4.79 Å². The van der Waals surface area contributed by atoms with Crippen LogP contribution in [0.15, 0.2) is 42.6 Å². The number of imidazole rings is 1. The summed E-state index contributed by atoms with van der Waals surface area (Å²) in [6.07, 6.45) is 1.97. The number of nitrogens with zero attached hydrogens (tertiary/aromatic N) is 3. The van der Waals surface area contributed by atoms with Crippen LogP contribution in [0.2, 0.25) is 0 Å². The van der Waals surface area contributed by atoms with Gasteiger partial charge < -0.3 is 10.2 Å². The first-order valence-electron chi connectivity index (χ1n) is 9.59. The van der Waals surface area contributed by atoms with Gasteiger partial charge in [-0.25, -0.2) is 4.98 Å². The summed E-state index contributed by atoms with van der Waals surface area (Å²) in [7, 11) is 0. The van der Waals surface area contributed by atoms with Gasteiger partial charge >= 0.3 is 0 Å². The third kappa shape index (κ3) is 4.19. The van der Waals surface area contributed by atoms with Gasteiger partial charge in [-0.05, 0) is 38.6 Å². The molecule has 0 fully saturated rings. The van der Waals surface area contributed by atoms with E-state index in [0.717, 1.165) is 42.1 Å². The molecule has 0 atom stereocenters. The van der Waals surface area contributed by atoms with E-state index in [0.29, 0.717) is 12.2 Å². The topological polar surface area (TPSA) is 49.6 Å². The van der Waals surface area contributed by atoms with E-state index in [9.17, 15) is 4.79 Å². The lowest BCUT2D eigenvalue weighted by Gasteiger charge is -2.18. The quantitative estimate of drug-likeness (QED) is 0.696. The van der Waals surface area contributed by atoms with E-state index < -0.39 is 0 Å². The summed E-state index contributed by atoms with van der Waals surface area (Å²) in [4.78, 5) is 20.1. The molecule has 1 amide bonds. The first-order valence-corrected chi connectivity index (χ1v) is 9.59. The van der Waals surface area contributed by atoms with Gasteiger partial charge in [0.2, 0.25) is 0 Å². The minimum absolute atomic E-state index is 0.0872. The Morgan fingerprint density at radius 1 is 1.04 bits per heavy atom. The van der Waals surface area contributed by atoms with Crippen LogP contribution in [-0.2, 0) is 0 Å². The fraction of sp³-hybridized carbons (Fsp3) is 0.364. The number of carbonyl (C=O) groups excluding carboxylic acids is 1. The summed E-state index contributed by atoms with van der Waals surface area (Å²) in [5.74, 6) is -0.0872. The summed E-state index contributed by atoms with van der Waals surface area (Å²) in [5.41, 5.74) is 5.33. The maximum absolute atomic E-state index is 13.1. The van der Waals surface area contributed by atoms with E-state index >= 15 is 0 Å². The van der Waals surface area contributed by atoms with Crippen LogP contribution in [0.25, 0.3) is 16.9 Å². The molecule has 5 heteroatoms. The average Bonchev–Trinajstić information content (AvgIpc) is 3.04. The van der Waals surface area contributed by atoms with E-state index in [2.05, 4.69) is 31.0 Å². The highest BCUT2D eigenvalue weighted by atomic mass is 16.1. The van der Waals surface area contributed by atoms with Crippen molar-refractivity contribution in [3.05, 3.63) is 59.4 Å². The highest BCUT2D eigenvalue weighted by Crippen LogP contribution is 2.25. The second kappa shape index (κ2) is 8.35. The third-order valence-electron chi connectivity index (χ3n) is 4.91. The zero-order valence-corrected chi connectivity index (χ0v) is 16.6. The summed E-state index contributed by atoms with van der Waals surface area (Å²) < 4.78 is 1.90. The van der Waals surface area contributed by atoms with Crippen LogP contribution in [0.1, 0.15) is 35.5 Å². The number of pyridine rings is 1. The van der Waals surface area contributed by atoms with Crippen molar-refractivity contribution >= 4 is 11.6 Å². The Morgan fingerprint density at radius 3 is 2.37 bits per heavy atom. The molecular formula is C22H28N4O. The number of rotatable bonds is 7. The molecule has 1 N–H and O–H groups in total. The predicted molar refractivity (Wildman–Crippen MR) is 110 cm³/mol. The number of fused-ring (bicyclic) bond motifs is 1. The monoisotopic (exact) mass is 364 g/mol. The molecule has 0 saturated heterocycles. The van der Waals surface area contributed by atoms with Gasteiger partial charge in [-0.15, -0.1) is 0 Å². The predicted octanol–water partition coefficient (Wildman–Crippen LogP) is 3.69. The minimum atomic E-state index is -0.0872. The second-order valence-electron chi connectivity index (χ2n) is 6.89. The van der Waals surface area contributed by atoms with Crippen molar-refractivity contribution in [2.75, 3.05) is 26.2 Å². The molecule has 2 heterocycles. The number of benzene rings is 1. The molecule has 0 aliphatic rings. The van der Waals surface area contributed by atoms with Crippen molar-refractivity contribution in [1.82, 2.24) is 19.6 Å². The van der Waals surface area contributed by atoms with Crippen molar-refractivity contribution in [1.29, 1.82) is 0 Å². The van der Waals surface area contributed by atoms with Gasteiger partial charge in [-0.2, -0.15) is 0 Å². The fourth-order valence-corrected chi connectivity index (χ4v) is 3.23. The van der Waals surface area contributed by atoms with E-state index in [4.69, 9.17) is 4.98 Å². The van der Waals surface area contributed by atoms with E-state index in [1.54, 1.807) is 0 Å². The number of aryl methyl sites for hydroxylation is 2. The Labute approximate surface area is 161 Å². The Balaban J connectivity index is 1.96. The van der Waals surface area contributed by atoms with Crippen LogP contribution in [0.5, 0.6) is 0 Å².